The van der Waals surface area contributed by atoms with Gasteiger partial charge >= 0.3 is 0 Å². The summed E-state index contributed by atoms with van der Waals surface area (Å²) in [6.07, 6.45) is 3.05. The first-order chi connectivity index (χ1) is 18.0. The van der Waals surface area contributed by atoms with Crippen LogP contribution in [0.3, 0.4) is 0 Å². The van der Waals surface area contributed by atoms with Crippen LogP contribution in [0.2, 0.25) is 5.02 Å². The van der Waals surface area contributed by atoms with Crippen molar-refractivity contribution < 1.29 is 14.4 Å². The molecule has 2 N–H and O–H groups in total. The third-order valence-corrected chi connectivity index (χ3v) is 7.43. The van der Waals surface area contributed by atoms with Gasteiger partial charge < -0.3 is 14.2 Å². The summed E-state index contributed by atoms with van der Waals surface area (Å²) < 4.78 is 7.91. The number of carbonyl (C=O) groups excluding carboxylic acids is 1. The number of piperidine rings is 1. The van der Waals surface area contributed by atoms with Gasteiger partial charge in [0.1, 0.15) is 12.3 Å². The number of nitrogens with one attached hydrogen (secondary N) is 2. The summed E-state index contributed by atoms with van der Waals surface area (Å²) in [7, 11) is 0. The second-order valence-corrected chi connectivity index (χ2v) is 10.4. The Morgan fingerprint density at radius 3 is 2.84 bits per heavy atom. The molecule has 1 amide bonds. The van der Waals surface area contributed by atoms with Gasteiger partial charge in [-0.1, -0.05) is 29.8 Å². The molecule has 0 saturated carbocycles. The molecule has 3 atom stereocenters. The summed E-state index contributed by atoms with van der Waals surface area (Å²) in [6.45, 7) is 6.24. The number of quaternary nitrogens is 1. The van der Waals surface area contributed by atoms with Crippen molar-refractivity contribution in [3.05, 3.63) is 98.4 Å². The van der Waals surface area contributed by atoms with Gasteiger partial charge in [0.25, 0.3) is 5.56 Å². The van der Waals surface area contributed by atoms with Crippen molar-refractivity contribution in [3.63, 3.8) is 0 Å². The van der Waals surface area contributed by atoms with Gasteiger partial charge in [0.2, 0.25) is 5.91 Å². The molecule has 2 aliphatic rings. The molecule has 1 fully saturated rings. The Balaban J connectivity index is 1.26. The van der Waals surface area contributed by atoms with Gasteiger partial charge in [0, 0.05) is 40.7 Å². The lowest BCUT2D eigenvalue weighted by atomic mass is 9.83. The lowest BCUT2D eigenvalue weighted by Gasteiger charge is -2.40. The molecule has 192 valence electrons. The molecular weight excluding hydrogens is 488 g/mol. The smallest absolute Gasteiger partial charge is 0.250 e. The third kappa shape index (κ3) is 6.12. The quantitative estimate of drug-likeness (QED) is 0.355. The van der Waals surface area contributed by atoms with Gasteiger partial charge in [-0.05, 0) is 60.9 Å². The molecule has 0 radical (unpaired) electrons. The van der Waals surface area contributed by atoms with E-state index in [9.17, 15) is 9.59 Å². The summed E-state index contributed by atoms with van der Waals surface area (Å²) in [4.78, 5) is 26.1. The lowest BCUT2D eigenvalue weighted by Crippen LogP contribution is -3.13. The van der Waals surface area contributed by atoms with Crippen LogP contribution in [-0.4, -0.2) is 36.4 Å². The Kier molecular flexibility index (Phi) is 7.72. The topological polar surface area (TPSA) is 77.1 Å². The van der Waals surface area contributed by atoms with Crippen LogP contribution < -0.4 is 20.6 Å². The molecule has 3 aromatic rings. The molecule has 7 nitrogen and oxygen atoms in total. The Bertz CT molecular complexity index is 1350. The average molecular weight is 520 g/mol. The third-order valence-electron chi connectivity index (χ3n) is 7.18. The molecule has 1 saturated heterocycles. The highest BCUT2D eigenvalue weighted by atomic mass is 35.5. The minimum Gasteiger partial charge on any atom is -0.493 e. The van der Waals surface area contributed by atoms with Crippen LogP contribution in [0.4, 0.5) is 0 Å². The fraction of sp³-hybridized carbons (Fsp3) is 0.345. The second kappa shape index (κ2) is 11.3. The number of nitrogens with zero attached hydrogens (tertiary/aromatic N) is 2. The summed E-state index contributed by atoms with van der Waals surface area (Å²) in [5.41, 5.74) is 6.79. The number of amides is 1. The Hall–Kier alpha value is -3.42. The number of hydrazone groups is 1. The van der Waals surface area contributed by atoms with Gasteiger partial charge in [-0.15, -0.1) is 0 Å². The van der Waals surface area contributed by atoms with E-state index in [1.807, 2.05) is 41.8 Å². The van der Waals surface area contributed by atoms with E-state index >= 15 is 0 Å². The highest BCUT2D eigenvalue weighted by Crippen LogP contribution is 2.30. The number of carbonyl (C=O) groups is 1. The number of hydrogen-bond acceptors (Lipinski definition) is 4. The first-order valence-electron chi connectivity index (χ1n) is 12.8. The van der Waals surface area contributed by atoms with Gasteiger partial charge in [0.15, 0.2) is 0 Å². The number of hydrogen-bond donors (Lipinski definition) is 2. The second-order valence-electron chi connectivity index (χ2n) is 9.93. The van der Waals surface area contributed by atoms with Gasteiger partial charge in [-0.2, -0.15) is 5.10 Å². The van der Waals surface area contributed by atoms with Crippen molar-refractivity contribution in [2.24, 2.45) is 11.0 Å². The van der Waals surface area contributed by atoms with Crippen LogP contribution in [-0.2, 0) is 24.3 Å². The molecule has 1 aromatic heterocycles. The van der Waals surface area contributed by atoms with Crippen molar-refractivity contribution in [2.75, 3.05) is 19.7 Å². The standard InChI is InChI=1S/C29H31ClN4O3/c1-2-37-27-11-8-21(15-31-32-28(35)14-20-6-9-25(30)10-7-20)12-24(27)19-33-16-22-13-23(18-33)26-4-3-5-29(36)34(26)17-22/h3-12,15,22-23H,2,13-14,16-19H2,1H3,(H,32,35)/p+1. The average Bonchev–Trinajstić information content (AvgIpc) is 2.88. The Morgan fingerprint density at radius 1 is 1.19 bits per heavy atom. The molecule has 5 rings (SSSR count). The summed E-state index contributed by atoms with van der Waals surface area (Å²) in [5, 5.41) is 4.81. The number of rotatable bonds is 8. The van der Waals surface area contributed by atoms with Crippen molar-refractivity contribution >= 4 is 23.7 Å². The van der Waals surface area contributed by atoms with E-state index in [1.54, 1.807) is 24.4 Å². The highest BCUT2D eigenvalue weighted by Gasteiger charge is 2.37. The monoisotopic (exact) mass is 519 g/mol. The summed E-state index contributed by atoms with van der Waals surface area (Å²) >= 11 is 5.91. The minimum atomic E-state index is -0.187. The largest absolute Gasteiger partial charge is 0.493 e. The van der Waals surface area contributed by atoms with Crippen LogP contribution in [0.25, 0.3) is 0 Å². The summed E-state index contributed by atoms with van der Waals surface area (Å²) in [5.74, 6) is 1.59. The van der Waals surface area contributed by atoms with Crippen LogP contribution in [0, 0.1) is 5.92 Å². The van der Waals surface area contributed by atoms with Crippen LogP contribution in [0.15, 0.2) is 70.6 Å². The molecule has 3 unspecified atom stereocenters. The van der Waals surface area contributed by atoms with Crippen molar-refractivity contribution in [1.29, 1.82) is 0 Å². The lowest BCUT2D eigenvalue weighted by molar-refractivity contribution is -0.924. The summed E-state index contributed by atoms with van der Waals surface area (Å²) in [6, 6.07) is 18.9. The number of likely N-dealkylation sites (tertiary alicyclic amines) is 1. The first kappa shape index (κ1) is 25.2. The van der Waals surface area contributed by atoms with Gasteiger partial charge in [0.05, 0.1) is 32.3 Å². The van der Waals surface area contributed by atoms with E-state index < -0.39 is 0 Å². The van der Waals surface area contributed by atoms with Crippen LogP contribution >= 0.6 is 11.6 Å². The van der Waals surface area contributed by atoms with Crippen molar-refractivity contribution in [2.45, 2.75) is 38.8 Å². The van der Waals surface area contributed by atoms with Crippen molar-refractivity contribution in [1.82, 2.24) is 9.99 Å². The Morgan fingerprint density at radius 2 is 2.03 bits per heavy atom. The zero-order valence-electron chi connectivity index (χ0n) is 21.0. The normalized spacial score (nSPS) is 20.4. The maximum Gasteiger partial charge on any atom is 0.250 e. The van der Waals surface area contributed by atoms with E-state index in [0.29, 0.717) is 23.5 Å². The molecule has 2 bridgehead atoms. The number of ether oxygens (including phenoxy) is 1. The minimum absolute atomic E-state index is 0.113. The molecule has 3 heterocycles. The SMILES string of the molecule is CCOc1ccc(C=NNC(=O)Cc2ccc(Cl)cc2)cc1C[NH+]1CC2CC(C1)c1cccc(=O)n1C2. The first-order valence-corrected chi connectivity index (χ1v) is 13.2. The van der Waals surface area contributed by atoms with E-state index in [-0.39, 0.29) is 17.9 Å². The predicted molar refractivity (Wildman–Crippen MR) is 144 cm³/mol. The zero-order valence-corrected chi connectivity index (χ0v) is 21.7. The highest BCUT2D eigenvalue weighted by molar-refractivity contribution is 6.30. The van der Waals surface area contributed by atoms with Crippen LogP contribution in [0.5, 0.6) is 5.75 Å². The van der Waals surface area contributed by atoms with Gasteiger partial charge in [-0.25, -0.2) is 5.43 Å². The number of halogens is 1. The molecule has 37 heavy (non-hydrogen) atoms. The molecule has 2 aromatic carbocycles. The number of benzene rings is 2. The van der Waals surface area contributed by atoms with E-state index in [1.165, 1.54) is 10.6 Å². The molecule has 0 aliphatic carbocycles. The molecule has 2 aliphatic heterocycles. The van der Waals surface area contributed by atoms with E-state index in [0.717, 1.165) is 55.0 Å². The number of fused-ring (bicyclic) bond motifs is 4. The maximum atomic E-state index is 12.3. The van der Waals surface area contributed by atoms with E-state index in [2.05, 4.69) is 22.7 Å². The molecule has 0 spiro atoms. The van der Waals surface area contributed by atoms with Crippen molar-refractivity contribution in [3.8, 4) is 5.75 Å². The number of aromatic nitrogens is 1. The molecule has 8 heteroatoms. The van der Waals surface area contributed by atoms with Crippen LogP contribution in [0.1, 0.15) is 41.6 Å². The fourth-order valence-corrected chi connectivity index (χ4v) is 5.78. The number of pyridine rings is 1. The fourth-order valence-electron chi connectivity index (χ4n) is 5.65. The predicted octanol–water partition coefficient (Wildman–Crippen LogP) is 2.80. The van der Waals surface area contributed by atoms with Gasteiger partial charge in [-0.3, -0.25) is 9.59 Å². The Labute approximate surface area is 221 Å². The zero-order chi connectivity index (χ0) is 25.8. The maximum absolute atomic E-state index is 12.3. The van der Waals surface area contributed by atoms with E-state index in [4.69, 9.17) is 16.3 Å². The molecular formula is C29H32ClN4O3+.